The third-order valence-corrected chi connectivity index (χ3v) is 5.75. The zero-order chi connectivity index (χ0) is 15.2. The van der Waals surface area contributed by atoms with E-state index >= 15 is 0 Å². The number of fused-ring (bicyclic) bond motifs is 1. The third kappa shape index (κ3) is 2.08. The molecule has 6 nitrogen and oxygen atoms in total. The van der Waals surface area contributed by atoms with E-state index in [1.165, 1.54) is 6.42 Å². The molecule has 1 spiro atoms. The van der Waals surface area contributed by atoms with E-state index in [0.29, 0.717) is 25.5 Å². The van der Waals surface area contributed by atoms with Crippen LogP contribution in [0.15, 0.2) is 6.20 Å². The fourth-order valence-electron chi connectivity index (χ4n) is 4.24. The fourth-order valence-corrected chi connectivity index (χ4v) is 4.24. The number of aliphatic hydroxyl groups is 1. The van der Waals surface area contributed by atoms with Crippen molar-refractivity contribution in [2.75, 3.05) is 13.2 Å². The number of nitrogens with one attached hydrogen (secondary N) is 1. The summed E-state index contributed by atoms with van der Waals surface area (Å²) in [6.45, 7) is 2.22. The minimum absolute atomic E-state index is 0.0374. The van der Waals surface area contributed by atoms with Crippen molar-refractivity contribution in [3.05, 3.63) is 17.7 Å². The number of hydrogen-bond donors (Lipinski definition) is 2. The molecule has 0 aromatic carbocycles. The van der Waals surface area contributed by atoms with Gasteiger partial charge in [-0.3, -0.25) is 4.79 Å². The molecule has 2 atom stereocenters. The maximum atomic E-state index is 12.6. The van der Waals surface area contributed by atoms with Crippen LogP contribution in [0.25, 0.3) is 0 Å². The number of aromatic nitrogens is 2. The first-order valence-electron chi connectivity index (χ1n) is 8.32. The second kappa shape index (κ2) is 5.35. The zero-order valence-electron chi connectivity index (χ0n) is 12.8. The SMILES string of the molecule is O=C(N[C@@H]1C[C@@H](O)C12CCOCC2)c1ncc2n1CCCC2. The van der Waals surface area contributed by atoms with Gasteiger partial charge in [0, 0.05) is 43.1 Å². The highest BCUT2D eigenvalue weighted by Gasteiger charge is 2.55. The predicted molar refractivity (Wildman–Crippen MR) is 79.5 cm³/mol. The van der Waals surface area contributed by atoms with Crippen LogP contribution in [0.2, 0.25) is 0 Å². The van der Waals surface area contributed by atoms with E-state index in [4.69, 9.17) is 4.74 Å². The summed E-state index contributed by atoms with van der Waals surface area (Å²) >= 11 is 0. The van der Waals surface area contributed by atoms with Crippen LogP contribution < -0.4 is 5.32 Å². The Hall–Kier alpha value is -1.40. The molecule has 22 heavy (non-hydrogen) atoms. The lowest BCUT2D eigenvalue weighted by atomic mass is 9.58. The Morgan fingerprint density at radius 3 is 3.00 bits per heavy atom. The molecule has 1 aromatic heterocycles. The number of carbonyl (C=O) groups is 1. The van der Waals surface area contributed by atoms with Crippen LogP contribution in [0.3, 0.4) is 0 Å². The Kier molecular flexibility index (Phi) is 3.46. The molecule has 1 amide bonds. The van der Waals surface area contributed by atoms with Gasteiger partial charge in [-0.1, -0.05) is 0 Å². The molecule has 3 heterocycles. The van der Waals surface area contributed by atoms with E-state index in [9.17, 15) is 9.90 Å². The van der Waals surface area contributed by atoms with Crippen LogP contribution >= 0.6 is 0 Å². The van der Waals surface area contributed by atoms with Crippen LogP contribution in [0, 0.1) is 5.41 Å². The third-order valence-electron chi connectivity index (χ3n) is 5.75. The van der Waals surface area contributed by atoms with Gasteiger partial charge < -0.3 is 19.7 Å². The van der Waals surface area contributed by atoms with E-state index in [2.05, 4.69) is 10.3 Å². The number of aryl methyl sites for hydroxylation is 1. The molecular weight excluding hydrogens is 282 g/mol. The van der Waals surface area contributed by atoms with Crippen molar-refractivity contribution >= 4 is 5.91 Å². The molecule has 2 aliphatic heterocycles. The van der Waals surface area contributed by atoms with Crippen molar-refractivity contribution in [1.82, 2.24) is 14.9 Å². The number of amides is 1. The van der Waals surface area contributed by atoms with Crippen molar-refractivity contribution in [2.45, 2.75) is 57.2 Å². The minimum Gasteiger partial charge on any atom is -0.392 e. The molecule has 0 unspecified atom stereocenters. The highest BCUT2D eigenvalue weighted by Crippen LogP contribution is 2.49. The van der Waals surface area contributed by atoms with Crippen molar-refractivity contribution in [3.63, 3.8) is 0 Å². The lowest BCUT2D eigenvalue weighted by molar-refractivity contribution is -0.145. The van der Waals surface area contributed by atoms with Gasteiger partial charge in [0.25, 0.3) is 5.91 Å². The number of carbonyl (C=O) groups excluding carboxylic acids is 1. The van der Waals surface area contributed by atoms with Gasteiger partial charge in [-0.05, 0) is 38.5 Å². The van der Waals surface area contributed by atoms with Crippen molar-refractivity contribution in [1.29, 1.82) is 0 Å². The van der Waals surface area contributed by atoms with Crippen molar-refractivity contribution in [3.8, 4) is 0 Å². The molecule has 0 bridgehead atoms. The molecule has 1 aromatic rings. The van der Waals surface area contributed by atoms with Gasteiger partial charge in [0.1, 0.15) is 0 Å². The lowest BCUT2D eigenvalue weighted by Gasteiger charge is -2.55. The number of imidazole rings is 1. The van der Waals surface area contributed by atoms with Gasteiger partial charge in [0.15, 0.2) is 5.82 Å². The Bertz CT molecular complexity index is 577. The number of aliphatic hydroxyl groups excluding tert-OH is 1. The fraction of sp³-hybridized carbons (Fsp3) is 0.750. The Morgan fingerprint density at radius 1 is 1.41 bits per heavy atom. The number of rotatable bonds is 2. The van der Waals surface area contributed by atoms with Crippen LogP contribution in [-0.4, -0.2) is 45.9 Å². The Balaban J connectivity index is 1.49. The average Bonchev–Trinajstić information content (AvgIpc) is 2.99. The summed E-state index contributed by atoms with van der Waals surface area (Å²) in [6, 6.07) is 0.0374. The number of nitrogens with zero attached hydrogens (tertiary/aromatic N) is 2. The second-order valence-corrected chi connectivity index (χ2v) is 6.80. The molecule has 6 heteroatoms. The largest absolute Gasteiger partial charge is 0.392 e. The molecule has 120 valence electrons. The van der Waals surface area contributed by atoms with E-state index < -0.39 is 0 Å². The van der Waals surface area contributed by atoms with E-state index in [1.807, 2.05) is 10.8 Å². The number of hydrogen-bond acceptors (Lipinski definition) is 4. The summed E-state index contributed by atoms with van der Waals surface area (Å²) in [5.74, 6) is 0.425. The smallest absolute Gasteiger partial charge is 0.287 e. The summed E-state index contributed by atoms with van der Waals surface area (Å²) in [6.07, 6.45) is 7.06. The first-order valence-corrected chi connectivity index (χ1v) is 8.32. The van der Waals surface area contributed by atoms with E-state index in [0.717, 1.165) is 37.9 Å². The summed E-state index contributed by atoms with van der Waals surface area (Å²) in [7, 11) is 0. The monoisotopic (exact) mass is 305 g/mol. The van der Waals surface area contributed by atoms with Crippen LogP contribution in [-0.2, 0) is 17.7 Å². The zero-order valence-corrected chi connectivity index (χ0v) is 12.8. The highest BCUT2D eigenvalue weighted by molar-refractivity contribution is 5.91. The molecule has 0 radical (unpaired) electrons. The topological polar surface area (TPSA) is 76.4 Å². The van der Waals surface area contributed by atoms with E-state index in [1.54, 1.807) is 0 Å². The van der Waals surface area contributed by atoms with Crippen molar-refractivity contribution in [2.24, 2.45) is 5.41 Å². The number of ether oxygens (including phenoxy) is 1. The highest BCUT2D eigenvalue weighted by atomic mass is 16.5. The van der Waals surface area contributed by atoms with Gasteiger partial charge in [0.2, 0.25) is 0 Å². The Morgan fingerprint density at radius 2 is 2.23 bits per heavy atom. The maximum absolute atomic E-state index is 12.6. The molecule has 4 rings (SSSR count). The summed E-state index contributed by atoms with van der Waals surface area (Å²) < 4.78 is 7.45. The van der Waals surface area contributed by atoms with Gasteiger partial charge >= 0.3 is 0 Å². The van der Waals surface area contributed by atoms with Crippen molar-refractivity contribution < 1.29 is 14.6 Å². The molecule has 2 fully saturated rings. The van der Waals surface area contributed by atoms with E-state index in [-0.39, 0.29) is 23.5 Å². The molecule has 3 aliphatic rings. The van der Waals surface area contributed by atoms with Crippen LogP contribution in [0.4, 0.5) is 0 Å². The van der Waals surface area contributed by atoms with Gasteiger partial charge in [0.05, 0.1) is 6.10 Å². The van der Waals surface area contributed by atoms with Crippen LogP contribution in [0.1, 0.15) is 48.4 Å². The van der Waals surface area contributed by atoms with Gasteiger partial charge in [-0.2, -0.15) is 0 Å². The van der Waals surface area contributed by atoms with Gasteiger partial charge in [-0.25, -0.2) is 4.98 Å². The molecule has 2 N–H and O–H groups in total. The molecule has 1 saturated carbocycles. The molecular formula is C16H23N3O3. The standard InChI is InChI=1S/C16H23N3O3/c20-13-9-12(16(13)4-7-22-8-5-16)18-15(21)14-17-10-11-3-1-2-6-19(11)14/h10,12-13,20H,1-9H2,(H,18,21)/t12-,13-/m1/s1. The summed E-state index contributed by atoms with van der Waals surface area (Å²) in [5.41, 5.74) is 0.969. The second-order valence-electron chi connectivity index (χ2n) is 6.80. The Labute approximate surface area is 129 Å². The summed E-state index contributed by atoms with van der Waals surface area (Å²) in [4.78, 5) is 16.9. The lowest BCUT2D eigenvalue weighted by Crippen LogP contribution is -2.65. The maximum Gasteiger partial charge on any atom is 0.287 e. The molecule has 1 saturated heterocycles. The normalized spacial score (nSPS) is 29.7. The predicted octanol–water partition coefficient (Wildman–Crippen LogP) is 0.879. The average molecular weight is 305 g/mol. The summed E-state index contributed by atoms with van der Waals surface area (Å²) in [5, 5.41) is 13.3. The first kappa shape index (κ1) is 14.2. The van der Waals surface area contributed by atoms with Crippen LogP contribution in [0.5, 0.6) is 0 Å². The quantitative estimate of drug-likeness (QED) is 0.850. The minimum atomic E-state index is -0.323. The molecule has 1 aliphatic carbocycles. The van der Waals surface area contributed by atoms with Gasteiger partial charge in [-0.15, -0.1) is 0 Å². The first-order chi connectivity index (χ1) is 10.7.